The molecule has 1 atom stereocenters. The minimum Gasteiger partial charge on any atom is -0.356 e. The van der Waals surface area contributed by atoms with Gasteiger partial charge >= 0.3 is 0 Å². The molecule has 0 heterocycles. The maximum absolute atomic E-state index is 14.5. The van der Waals surface area contributed by atoms with Crippen molar-refractivity contribution < 1.29 is 28.0 Å². The normalized spacial score (nSPS) is 11.9. The topological polar surface area (TPSA) is 92.3 Å². The van der Waals surface area contributed by atoms with E-state index in [0.29, 0.717) is 12.0 Å². The summed E-state index contributed by atoms with van der Waals surface area (Å²) >= 11 is 0. The van der Waals surface area contributed by atoms with Gasteiger partial charge in [0.05, 0.1) is 11.5 Å². The van der Waals surface area contributed by atoms with Gasteiger partial charge in [0.25, 0.3) is 0 Å². The maximum Gasteiger partial charge on any atom is 0.224 e. The number of carbonyl (C=O) groups excluding carboxylic acids is 4. The van der Waals surface area contributed by atoms with E-state index in [-0.39, 0.29) is 61.5 Å². The second-order valence-corrected chi connectivity index (χ2v) is 11.4. The number of Topliss-reactive ketones (excluding diaryl/α,β-unsaturated/α-hetero) is 2. The monoisotopic (exact) mass is 576 g/mol. The number of carbonyl (C=O) groups is 4. The lowest BCUT2D eigenvalue weighted by Crippen LogP contribution is -2.43. The van der Waals surface area contributed by atoms with Gasteiger partial charge in [0.2, 0.25) is 11.8 Å². The zero-order valence-corrected chi connectivity index (χ0v) is 24.3. The summed E-state index contributed by atoms with van der Waals surface area (Å²) in [6.45, 7) is 5.60. The summed E-state index contributed by atoms with van der Waals surface area (Å²) in [5, 5.41) is 5.56. The van der Waals surface area contributed by atoms with Crippen LogP contribution in [0, 0.1) is 17.6 Å². The molecule has 2 N–H and O–H groups in total. The van der Waals surface area contributed by atoms with Crippen molar-refractivity contribution in [3.8, 4) is 11.1 Å². The minimum atomic E-state index is -0.860. The first-order valence-electron chi connectivity index (χ1n) is 14.1. The van der Waals surface area contributed by atoms with Gasteiger partial charge in [-0.25, -0.2) is 8.78 Å². The molecule has 0 radical (unpaired) electrons. The SMILES string of the molecule is CC(C)(C)NC(=O)C[C@H](CC(=O)CCc1ccccc1)C(=O)NCCCC(=O)c1cc(-c2ccccc2F)ccc1F. The highest BCUT2D eigenvalue weighted by Gasteiger charge is 2.26. The van der Waals surface area contributed by atoms with Crippen LogP contribution in [-0.2, 0) is 20.8 Å². The van der Waals surface area contributed by atoms with Crippen molar-refractivity contribution in [1.82, 2.24) is 10.6 Å². The molecule has 0 fully saturated rings. The van der Waals surface area contributed by atoms with Crippen LogP contribution in [0.5, 0.6) is 0 Å². The second kappa shape index (κ2) is 15.1. The number of halogens is 2. The van der Waals surface area contributed by atoms with Crippen LogP contribution in [0.3, 0.4) is 0 Å². The predicted molar refractivity (Wildman–Crippen MR) is 159 cm³/mol. The van der Waals surface area contributed by atoms with Crippen LogP contribution in [0.2, 0.25) is 0 Å². The third-order valence-corrected chi connectivity index (χ3v) is 6.66. The molecule has 0 saturated heterocycles. The van der Waals surface area contributed by atoms with E-state index in [2.05, 4.69) is 10.6 Å². The van der Waals surface area contributed by atoms with Gasteiger partial charge in [-0.1, -0.05) is 54.6 Å². The highest BCUT2D eigenvalue weighted by Crippen LogP contribution is 2.25. The van der Waals surface area contributed by atoms with Crippen molar-refractivity contribution in [2.24, 2.45) is 5.92 Å². The van der Waals surface area contributed by atoms with Crippen molar-refractivity contribution in [2.45, 2.75) is 64.8 Å². The fraction of sp³-hybridized carbons (Fsp3) is 0.353. The number of hydrogen-bond donors (Lipinski definition) is 2. The summed E-state index contributed by atoms with van der Waals surface area (Å²) in [6, 6.07) is 19.5. The van der Waals surface area contributed by atoms with Crippen molar-refractivity contribution in [3.63, 3.8) is 0 Å². The largest absolute Gasteiger partial charge is 0.356 e. The van der Waals surface area contributed by atoms with E-state index in [9.17, 15) is 28.0 Å². The molecule has 222 valence electrons. The van der Waals surface area contributed by atoms with E-state index in [0.717, 1.165) is 11.6 Å². The number of hydrogen-bond acceptors (Lipinski definition) is 4. The summed E-state index contributed by atoms with van der Waals surface area (Å²) in [5.74, 6) is -3.43. The number of aryl methyl sites for hydroxylation is 1. The van der Waals surface area contributed by atoms with Gasteiger partial charge in [-0.2, -0.15) is 0 Å². The molecule has 0 aliphatic carbocycles. The Balaban J connectivity index is 1.57. The molecule has 3 rings (SSSR count). The number of ketones is 2. The Bertz CT molecular complexity index is 1400. The Labute approximate surface area is 245 Å². The van der Waals surface area contributed by atoms with Gasteiger partial charge in [0, 0.05) is 43.3 Å². The van der Waals surface area contributed by atoms with Crippen molar-refractivity contribution in [2.75, 3.05) is 6.54 Å². The quantitative estimate of drug-likeness (QED) is 0.176. The van der Waals surface area contributed by atoms with Gasteiger partial charge in [-0.15, -0.1) is 0 Å². The standard InChI is InChI=1S/C34H38F2N2O4/c1-34(2,3)38-32(41)22-25(20-26(39)17-15-23-10-5-4-6-11-23)33(42)37-19-9-14-31(40)28-21-24(16-18-30(28)36)27-12-7-8-13-29(27)35/h4-8,10-13,16,18,21,25H,9,14-15,17,19-20,22H2,1-3H3,(H,37,42)(H,38,41)/t25-/m0/s1. The molecular weight excluding hydrogens is 538 g/mol. The predicted octanol–water partition coefficient (Wildman–Crippen LogP) is 6.22. The van der Waals surface area contributed by atoms with Gasteiger partial charge in [-0.3, -0.25) is 19.2 Å². The fourth-order valence-corrected chi connectivity index (χ4v) is 4.60. The van der Waals surface area contributed by atoms with E-state index in [1.54, 1.807) is 18.2 Å². The Morgan fingerprint density at radius 2 is 1.50 bits per heavy atom. The average Bonchev–Trinajstić information content (AvgIpc) is 2.94. The van der Waals surface area contributed by atoms with Crippen LogP contribution < -0.4 is 10.6 Å². The number of amides is 2. The van der Waals surface area contributed by atoms with Gasteiger partial charge in [0.1, 0.15) is 17.4 Å². The highest BCUT2D eigenvalue weighted by atomic mass is 19.1. The van der Waals surface area contributed by atoms with Crippen LogP contribution in [0.25, 0.3) is 11.1 Å². The zero-order chi connectivity index (χ0) is 30.7. The molecule has 0 aliphatic heterocycles. The molecule has 3 aromatic rings. The summed E-state index contributed by atoms with van der Waals surface area (Å²) in [6.07, 6.45) is 0.732. The molecule has 3 aromatic carbocycles. The first-order valence-corrected chi connectivity index (χ1v) is 14.1. The van der Waals surface area contributed by atoms with Crippen molar-refractivity contribution >= 4 is 23.4 Å². The molecule has 42 heavy (non-hydrogen) atoms. The molecule has 0 saturated carbocycles. The van der Waals surface area contributed by atoms with Gasteiger partial charge in [0.15, 0.2) is 5.78 Å². The summed E-state index contributed by atoms with van der Waals surface area (Å²) in [5.41, 5.74) is 1.02. The van der Waals surface area contributed by atoms with Crippen LogP contribution in [0.4, 0.5) is 8.78 Å². The number of nitrogens with one attached hydrogen (secondary N) is 2. The van der Waals surface area contributed by atoms with E-state index < -0.39 is 34.8 Å². The smallest absolute Gasteiger partial charge is 0.224 e. The number of benzene rings is 3. The second-order valence-electron chi connectivity index (χ2n) is 11.4. The highest BCUT2D eigenvalue weighted by molar-refractivity contribution is 5.97. The maximum atomic E-state index is 14.5. The third kappa shape index (κ3) is 10.3. The van der Waals surface area contributed by atoms with Crippen LogP contribution >= 0.6 is 0 Å². The lowest BCUT2D eigenvalue weighted by atomic mass is 9.94. The Hall–Kier alpha value is -4.20. The molecule has 8 heteroatoms. The molecule has 0 aromatic heterocycles. The Morgan fingerprint density at radius 1 is 0.810 bits per heavy atom. The molecule has 6 nitrogen and oxygen atoms in total. The van der Waals surface area contributed by atoms with E-state index >= 15 is 0 Å². The average molecular weight is 577 g/mol. The van der Waals surface area contributed by atoms with Crippen molar-refractivity contribution in [3.05, 3.63) is 95.6 Å². The lowest BCUT2D eigenvalue weighted by molar-refractivity contribution is -0.133. The van der Waals surface area contributed by atoms with Crippen molar-refractivity contribution in [1.29, 1.82) is 0 Å². The van der Waals surface area contributed by atoms with Gasteiger partial charge in [-0.05, 0) is 62.9 Å². The number of rotatable bonds is 14. The fourth-order valence-electron chi connectivity index (χ4n) is 4.60. The molecular formula is C34H38F2N2O4. The molecule has 0 aliphatic rings. The van der Waals surface area contributed by atoms with E-state index in [1.165, 1.54) is 18.2 Å². The van der Waals surface area contributed by atoms with Crippen LogP contribution in [-0.4, -0.2) is 35.5 Å². The third-order valence-electron chi connectivity index (χ3n) is 6.66. The summed E-state index contributed by atoms with van der Waals surface area (Å²) < 4.78 is 28.6. The molecule has 0 bridgehead atoms. The Morgan fingerprint density at radius 3 is 2.19 bits per heavy atom. The summed E-state index contributed by atoms with van der Waals surface area (Å²) in [4.78, 5) is 51.1. The van der Waals surface area contributed by atoms with E-state index in [1.807, 2.05) is 51.1 Å². The molecule has 2 amide bonds. The van der Waals surface area contributed by atoms with Crippen LogP contribution in [0.15, 0.2) is 72.8 Å². The van der Waals surface area contributed by atoms with Crippen LogP contribution in [0.1, 0.15) is 68.8 Å². The van der Waals surface area contributed by atoms with Gasteiger partial charge < -0.3 is 10.6 Å². The minimum absolute atomic E-state index is 0.0525. The molecule has 0 spiro atoms. The van der Waals surface area contributed by atoms with E-state index in [4.69, 9.17) is 0 Å². The summed E-state index contributed by atoms with van der Waals surface area (Å²) in [7, 11) is 0. The Kier molecular flexibility index (Phi) is 11.7. The first-order chi connectivity index (χ1) is 19.9. The zero-order valence-electron chi connectivity index (χ0n) is 24.3. The molecule has 0 unspecified atom stereocenters. The lowest BCUT2D eigenvalue weighted by Gasteiger charge is -2.23. The first kappa shape index (κ1) is 32.3.